The number of rotatable bonds is 4. The molecule has 0 aliphatic rings. The van der Waals surface area contributed by atoms with Gasteiger partial charge in [0.15, 0.2) is 0 Å². The molecule has 0 bridgehead atoms. The highest BCUT2D eigenvalue weighted by molar-refractivity contribution is 9.10. The maximum absolute atomic E-state index is 5.50. The highest BCUT2D eigenvalue weighted by Gasteiger charge is 1.99. The van der Waals surface area contributed by atoms with Crippen LogP contribution in [0, 0.1) is 0 Å². The number of hydrogen-bond donors (Lipinski definition) is 2. The van der Waals surface area contributed by atoms with Crippen molar-refractivity contribution in [1.29, 1.82) is 0 Å². The highest BCUT2D eigenvalue weighted by Crippen LogP contribution is 2.24. The van der Waals surface area contributed by atoms with Gasteiger partial charge in [-0.05, 0) is 39.7 Å². The van der Waals surface area contributed by atoms with E-state index < -0.39 is 0 Å². The lowest BCUT2D eigenvalue weighted by atomic mass is 10.2. The van der Waals surface area contributed by atoms with Crippen molar-refractivity contribution in [1.82, 2.24) is 4.98 Å². The minimum Gasteiger partial charge on any atom is -0.496 e. The Balaban J connectivity index is 2.03. The van der Waals surface area contributed by atoms with E-state index in [1.54, 1.807) is 18.7 Å². The molecule has 2 rings (SSSR count). The van der Waals surface area contributed by atoms with E-state index in [-0.39, 0.29) is 0 Å². The van der Waals surface area contributed by atoms with Crippen molar-refractivity contribution in [3.05, 3.63) is 33.6 Å². The summed E-state index contributed by atoms with van der Waals surface area (Å²) in [4.78, 5) is 4.03. The standard InChI is InChI=1S/C11H11BrN4OS/c1-17-9-3-2-7(4-8(9)12)5-14-16-11-15-10(13)6-18-11/h2-6H,13H2,1H3,(H,15,16). The number of nitrogens with two attached hydrogens (primary N) is 1. The van der Waals surface area contributed by atoms with Crippen molar-refractivity contribution >= 4 is 44.4 Å². The Morgan fingerprint density at radius 1 is 1.56 bits per heavy atom. The van der Waals surface area contributed by atoms with Gasteiger partial charge in [-0.15, -0.1) is 11.3 Å². The molecule has 0 amide bonds. The fourth-order valence-electron chi connectivity index (χ4n) is 1.26. The number of nitrogens with one attached hydrogen (secondary N) is 1. The van der Waals surface area contributed by atoms with Crippen LogP contribution in [0.1, 0.15) is 5.56 Å². The second-order valence-electron chi connectivity index (χ2n) is 3.34. The van der Waals surface area contributed by atoms with E-state index in [9.17, 15) is 0 Å². The summed E-state index contributed by atoms with van der Waals surface area (Å²) < 4.78 is 6.03. The number of anilines is 2. The molecule has 0 atom stereocenters. The SMILES string of the molecule is COc1ccc(C=NNc2nc(N)cs2)cc1Br. The average molecular weight is 327 g/mol. The summed E-state index contributed by atoms with van der Waals surface area (Å²) in [5.74, 6) is 1.28. The quantitative estimate of drug-likeness (QED) is 0.669. The van der Waals surface area contributed by atoms with Gasteiger partial charge in [0, 0.05) is 5.38 Å². The lowest BCUT2D eigenvalue weighted by Crippen LogP contribution is -1.92. The molecule has 1 aromatic heterocycles. The molecule has 2 aromatic rings. The van der Waals surface area contributed by atoms with Crippen LogP contribution in [0.3, 0.4) is 0 Å². The first kappa shape index (κ1) is 12.8. The van der Waals surface area contributed by atoms with Crippen LogP contribution >= 0.6 is 27.3 Å². The van der Waals surface area contributed by atoms with Crippen LogP contribution in [0.4, 0.5) is 10.9 Å². The van der Waals surface area contributed by atoms with E-state index in [1.807, 2.05) is 18.2 Å². The Morgan fingerprint density at radius 2 is 2.39 bits per heavy atom. The first-order valence-corrected chi connectivity index (χ1v) is 6.70. The van der Waals surface area contributed by atoms with Gasteiger partial charge in [-0.1, -0.05) is 0 Å². The van der Waals surface area contributed by atoms with E-state index in [2.05, 4.69) is 31.4 Å². The van der Waals surface area contributed by atoms with Crippen molar-refractivity contribution in [3.63, 3.8) is 0 Å². The largest absolute Gasteiger partial charge is 0.496 e. The van der Waals surface area contributed by atoms with Gasteiger partial charge in [0.05, 0.1) is 17.8 Å². The van der Waals surface area contributed by atoms with E-state index in [0.717, 1.165) is 15.8 Å². The van der Waals surface area contributed by atoms with Crippen molar-refractivity contribution in [2.24, 2.45) is 5.10 Å². The lowest BCUT2D eigenvalue weighted by Gasteiger charge is -2.02. The van der Waals surface area contributed by atoms with E-state index in [1.165, 1.54) is 11.3 Å². The average Bonchev–Trinajstić information content (AvgIpc) is 2.75. The Kier molecular flexibility index (Phi) is 4.16. The lowest BCUT2D eigenvalue weighted by molar-refractivity contribution is 0.412. The molecular formula is C11H11BrN4OS. The van der Waals surface area contributed by atoms with Gasteiger partial charge in [-0.25, -0.2) is 4.98 Å². The minimum atomic E-state index is 0.491. The van der Waals surface area contributed by atoms with Crippen molar-refractivity contribution in [3.8, 4) is 5.75 Å². The maximum Gasteiger partial charge on any atom is 0.205 e. The monoisotopic (exact) mass is 326 g/mol. The number of nitrogens with zero attached hydrogens (tertiary/aromatic N) is 2. The zero-order valence-corrected chi connectivity index (χ0v) is 12.0. The number of ether oxygens (including phenoxy) is 1. The molecule has 3 N–H and O–H groups in total. The fourth-order valence-corrected chi connectivity index (χ4v) is 2.37. The summed E-state index contributed by atoms with van der Waals surface area (Å²) in [7, 11) is 1.63. The molecular weight excluding hydrogens is 316 g/mol. The Hall–Kier alpha value is -1.60. The number of methoxy groups -OCH3 is 1. The normalized spacial score (nSPS) is 10.8. The van der Waals surface area contributed by atoms with Gasteiger partial charge in [0.2, 0.25) is 5.13 Å². The first-order valence-electron chi connectivity index (χ1n) is 5.02. The molecule has 1 aromatic carbocycles. The van der Waals surface area contributed by atoms with Crippen LogP contribution in [-0.2, 0) is 0 Å². The van der Waals surface area contributed by atoms with Gasteiger partial charge in [0.1, 0.15) is 11.6 Å². The first-order chi connectivity index (χ1) is 8.69. The molecule has 0 radical (unpaired) electrons. The number of halogens is 1. The van der Waals surface area contributed by atoms with Gasteiger partial charge < -0.3 is 10.5 Å². The number of hydrazone groups is 1. The molecule has 0 aliphatic heterocycles. The molecule has 0 aliphatic carbocycles. The molecule has 0 spiro atoms. The molecule has 0 fully saturated rings. The molecule has 7 heteroatoms. The number of aromatic nitrogens is 1. The van der Waals surface area contributed by atoms with Gasteiger partial charge in [-0.3, -0.25) is 5.43 Å². The van der Waals surface area contributed by atoms with Crippen LogP contribution in [0.15, 0.2) is 33.2 Å². The molecule has 0 saturated heterocycles. The smallest absolute Gasteiger partial charge is 0.205 e. The number of nitrogen functional groups attached to an aromatic ring is 1. The van der Waals surface area contributed by atoms with Crippen molar-refractivity contribution in [2.75, 3.05) is 18.3 Å². The summed E-state index contributed by atoms with van der Waals surface area (Å²) >= 11 is 4.82. The summed E-state index contributed by atoms with van der Waals surface area (Å²) in [6.07, 6.45) is 1.70. The zero-order valence-electron chi connectivity index (χ0n) is 9.55. The third kappa shape index (κ3) is 3.21. The summed E-state index contributed by atoms with van der Waals surface area (Å²) in [6.45, 7) is 0. The van der Waals surface area contributed by atoms with E-state index >= 15 is 0 Å². The van der Waals surface area contributed by atoms with Crippen molar-refractivity contribution < 1.29 is 4.74 Å². The molecule has 5 nitrogen and oxygen atoms in total. The molecule has 0 saturated carbocycles. The van der Waals surface area contributed by atoms with Crippen LogP contribution in [-0.4, -0.2) is 18.3 Å². The molecule has 18 heavy (non-hydrogen) atoms. The van der Waals surface area contributed by atoms with Crippen LogP contribution in [0.25, 0.3) is 0 Å². The Labute approximate surface area is 117 Å². The molecule has 94 valence electrons. The van der Waals surface area contributed by atoms with Gasteiger partial charge >= 0.3 is 0 Å². The predicted octanol–water partition coefficient (Wildman–Crippen LogP) is 2.94. The predicted molar refractivity (Wildman–Crippen MR) is 78.4 cm³/mol. The number of thiazole rings is 1. The zero-order chi connectivity index (χ0) is 13.0. The minimum absolute atomic E-state index is 0.491. The third-order valence-corrected chi connectivity index (χ3v) is 3.46. The van der Waals surface area contributed by atoms with Crippen LogP contribution in [0.5, 0.6) is 5.75 Å². The van der Waals surface area contributed by atoms with Crippen molar-refractivity contribution in [2.45, 2.75) is 0 Å². The second kappa shape index (κ2) is 5.83. The molecule has 1 heterocycles. The fraction of sp³-hybridized carbons (Fsp3) is 0.0909. The molecule has 0 unspecified atom stereocenters. The van der Waals surface area contributed by atoms with Gasteiger partial charge in [-0.2, -0.15) is 5.10 Å². The van der Waals surface area contributed by atoms with Gasteiger partial charge in [0.25, 0.3) is 0 Å². The summed E-state index contributed by atoms with van der Waals surface area (Å²) in [5.41, 5.74) is 9.26. The topological polar surface area (TPSA) is 72.5 Å². The van der Waals surface area contributed by atoms with E-state index in [4.69, 9.17) is 10.5 Å². The maximum atomic E-state index is 5.50. The Bertz CT molecular complexity index is 570. The van der Waals surface area contributed by atoms with Crippen LogP contribution < -0.4 is 15.9 Å². The third-order valence-electron chi connectivity index (χ3n) is 2.07. The second-order valence-corrected chi connectivity index (χ2v) is 5.05. The van der Waals surface area contributed by atoms with Crippen LogP contribution in [0.2, 0.25) is 0 Å². The highest BCUT2D eigenvalue weighted by atomic mass is 79.9. The van der Waals surface area contributed by atoms with E-state index in [0.29, 0.717) is 10.9 Å². The summed E-state index contributed by atoms with van der Waals surface area (Å²) in [6, 6.07) is 5.69. The Morgan fingerprint density at radius 3 is 3.00 bits per heavy atom. The summed E-state index contributed by atoms with van der Waals surface area (Å²) in [5, 5.41) is 6.49. The number of hydrogen-bond acceptors (Lipinski definition) is 6. The number of benzene rings is 1.